The SMILES string of the molecule is CC(C)C[C@@H](NC(=O)[C@@H](N)CCN)C(=O)N[C@@H](Cc1ccccc1)C(=O)N[C@@H](CCN)C(=O)N[C@@H](CO)C(=O)O. The van der Waals surface area contributed by atoms with Gasteiger partial charge in [-0.2, -0.15) is 0 Å². The maximum absolute atomic E-state index is 13.4. The van der Waals surface area contributed by atoms with Crippen LogP contribution in [-0.4, -0.2) is 89.7 Å². The molecular weight excluding hydrogens is 522 g/mol. The summed E-state index contributed by atoms with van der Waals surface area (Å²) in [4.78, 5) is 63.2. The van der Waals surface area contributed by atoms with E-state index in [0.717, 1.165) is 0 Å². The average Bonchev–Trinajstić information content (AvgIpc) is 2.90. The molecule has 0 heterocycles. The highest BCUT2D eigenvalue weighted by Gasteiger charge is 2.31. The largest absolute Gasteiger partial charge is 0.480 e. The molecule has 0 radical (unpaired) electrons. The predicted octanol–water partition coefficient (Wildman–Crippen LogP) is -2.68. The topological polar surface area (TPSA) is 252 Å². The molecule has 14 nitrogen and oxygen atoms in total. The van der Waals surface area contributed by atoms with Crippen LogP contribution in [0.25, 0.3) is 0 Å². The normalized spacial score (nSPS) is 14.8. The van der Waals surface area contributed by atoms with Crippen molar-refractivity contribution < 1.29 is 34.2 Å². The fourth-order valence-corrected chi connectivity index (χ4v) is 3.79. The number of aliphatic hydroxyl groups excluding tert-OH is 1. The zero-order valence-electron chi connectivity index (χ0n) is 23.0. The second-order valence-corrected chi connectivity index (χ2v) is 9.85. The van der Waals surface area contributed by atoms with Crippen molar-refractivity contribution >= 4 is 29.6 Å². The third kappa shape index (κ3) is 12.1. The summed E-state index contributed by atoms with van der Waals surface area (Å²) >= 11 is 0. The average molecular weight is 566 g/mol. The molecule has 0 aliphatic heterocycles. The molecule has 4 amide bonds. The molecule has 14 heteroatoms. The van der Waals surface area contributed by atoms with Gasteiger partial charge in [0.15, 0.2) is 0 Å². The van der Waals surface area contributed by atoms with Gasteiger partial charge in [0.25, 0.3) is 0 Å². The molecule has 1 aromatic rings. The molecule has 40 heavy (non-hydrogen) atoms. The fraction of sp³-hybridized carbons (Fsp3) is 0.577. The quantitative estimate of drug-likeness (QED) is 0.0891. The molecule has 0 aromatic heterocycles. The smallest absolute Gasteiger partial charge is 0.328 e. The number of aliphatic carboxylic acids is 1. The highest BCUT2D eigenvalue weighted by molar-refractivity contribution is 5.95. The number of hydrogen-bond donors (Lipinski definition) is 9. The van der Waals surface area contributed by atoms with Crippen molar-refractivity contribution in [3.8, 4) is 0 Å². The number of carboxylic acid groups (broad SMARTS) is 1. The minimum atomic E-state index is -1.57. The molecule has 0 saturated heterocycles. The summed E-state index contributed by atoms with van der Waals surface area (Å²) in [7, 11) is 0. The summed E-state index contributed by atoms with van der Waals surface area (Å²) < 4.78 is 0. The highest BCUT2D eigenvalue weighted by atomic mass is 16.4. The van der Waals surface area contributed by atoms with Crippen molar-refractivity contribution in [1.82, 2.24) is 21.3 Å². The van der Waals surface area contributed by atoms with Crippen LogP contribution >= 0.6 is 0 Å². The number of nitrogens with two attached hydrogens (primary N) is 3. The van der Waals surface area contributed by atoms with Gasteiger partial charge in [0.05, 0.1) is 12.6 Å². The molecule has 5 atom stereocenters. The Kier molecular flexibility index (Phi) is 15.4. The third-order valence-corrected chi connectivity index (χ3v) is 5.96. The first-order chi connectivity index (χ1) is 18.9. The van der Waals surface area contributed by atoms with Gasteiger partial charge in [0, 0.05) is 6.42 Å². The maximum atomic E-state index is 13.4. The summed E-state index contributed by atoms with van der Waals surface area (Å²) in [5.74, 6) is -4.20. The molecule has 1 rings (SSSR count). The summed E-state index contributed by atoms with van der Waals surface area (Å²) in [5.41, 5.74) is 17.6. The van der Waals surface area contributed by atoms with Crippen LogP contribution in [0, 0.1) is 5.92 Å². The lowest BCUT2D eigenvalue weighted by Gasteiger charge is -2.27. The summed E-state index contributed by atoms with van der Waals surface area (Å²) in [6, 6.07) is 2.96. The Morgan fingerprint density at radius 1 is 0.750 bits per heavy atom. The van der Waals surface area contributed by atoms with Crippen molar-refractivity contribution in [3.63, 3.8) is 0 Å². The van der Waals surface area contributed by atoms with Gasteiger partial charge in [-0.1, -0.05) is 44.2 Å². The van der Waals surface area contributed by atoms with Gasteiger partial charge in [0.2, 0.25) is 23.6 Å². The lowest BCUT2D eigenvalue weighted by molar-refractivity contribution is -0.143. The summed E-state index contributed by atoms with van der Waals surface area (Å²) in [6.07, 6.45) is 0.512. The molecule has 0 aliphatic carbocycles. The number of aliphatic hydroxyl groups is 1. The number of benzene rings is 1. The first-order valence-electron chi connectivity index (χ1n) is 13.2. The zero-order chi connectivity index (χ0) is 30.2. The van der Waals surface area contributed by atoms with E-state index in [1.165, 1.54) is 0 Å². The van der Waals surface area contributed by atoms with Crippen LogP contribution < -0.4 is 38.5 Å². The van der Waals surface area contributed by atoms with Crippen LogP contribution in [0.4, 0.5) is 0 Å². The van der Waals surface area contributed by atoms with E-state index in [1.54, 1.807) is 30.3 Å². The number of rotatable bonds is 18. The molecule has 0 bridgehead atoms. The molecule has 0 unspecified atom stereocenters. The van der Waals surface area contributed by atoms with Gasteiger partial charge >= 0.3 is 5.97 Å². The van der Waals surface area contributed by atoms with Crippen LogP contribution in [-0.2, 0) is 30.4 Å². The van der Waals surface area contributed by atoms with E-state index in [9.17, 15) is 29.1 Å². The van der Waals surface area contributed by atoms with E-state index in [2.05, 4.69) is 21.3 Å². The lowest BCUT2D eigenvalue weighted by atomic mass is 10.00. The summed E-state index contributed by atoms with van der Waals surface area (Å²) in [6.45, 7) is 3.06. The van der Waals surface area contributed by atoms with Crippen LogP contribution in [0.3, 0.4) is 0 Å². The maximum Gasteiger partial charge on any atom is 0.328 e. The van der Waals surface area contributed by atoms with E-state index in [1.807, 2.05) is 13.8 Å². The third-order valence-electron chi connectivity index (χ3n) is 5.96. The van der Waals surface area contributed by atoms with Gasteiger partial charge in [0.1, 0.15) is 24.2 Å². The lowest BCUT2D eigenvalue weighted by Crippen LogP contribution is -2.59. The second kappa shape index (κ2) is 17.9. The van der Waals surface area contributed by atoms with Gasteiger partial charge in [-0.25, -0.2) is 4.79 Å². The number of carboxylic acids is 1. The van der Waals surface area contributed by atoms with Crippen molar-refractivity contribution in [3.05, 3.63) is 35.9 Å². The Morgan fingerprint density at radius 3 is 1.77 bits per heavy atom. The van der Waals surface area contributed by atoms with E-state index in [4.69, 9.17) is 22.3 Å². The van der Waals surface area contributed by atoms with E-state index in [0.29, 0.717) is 5.56 Å². The Balaban J connectivity index is 3.18. The van der Waals surface area contributed by atoms with Crippen LogP contribution in [0.5, 0.6) is 0 Å². The minimum Gasteiger partial charge on any atom is -0.480 e. The predicted molar refractivity (Wildman–Crippen MR) is 147 cm³/mol. The number of nitrogens with one attached hydrogen (secondary N) is 4. The number of carbonyl (C=O) groups is 5. The molecule has 0 spiro atoms. The Morgan fingerprint density at radius 2 is 1.25 bits per heavy atom. The van der Waals surface area contributed by atoms with Crippen molar-refractivity contribution in [2.75, 3.05) is 19.7 Å². The van der Waals surface area contributed by atoms with Crippen molar-refractivity contribution in [2.24, 2.45) is 23.1 Å². The van der Waals surface area contributed by atoms with Gasteiger partial charge in [-0.15, -0.1) is 0 Å². The monoisotopic (exact) mass is 565 g/mol. The van der Waals surface area contributed by atoms with E-state index >= 15 is 0 Å². The van der Waals surface area contributed by atoms with Crippen LogP contribution in [0.15, 0.2) is 30.3 Å². The first kappa shape index (κ1) is 34.4. The van der Waals surface area contributed by atoms with Crippen molar-refractivity contribution in [2.45, 2.75) is 69.7 Å². The summed E-state index contributed by atoms with van der Waals surface area (Å²) in [5, 5.41) is 28.4. The highest BCUT2D eigenvalue weighted by Crippen LogP contribution is 2.09. The number of amides is 4. The fourth-order valence-electron chi connectivity index (χ4n) is 3.79. The number of carbonyl (C=O) groups excluding carboxylic acids is 4. The first-order valence-corrected chi connectivity index (χ1v) is 13.2. The molecule has 12 N–H and O–H groups in total. The molecular formula is C26H43N7O7. The Hall–Kier alpha value is -3.59. The second-order valence-electron chi connectivity index (χ2n) is 9.85. The van der Waals surface area contributed by atoms with Crippen molar-refractivity contribution in [1.29, 1.82) is 0 Å². The zero-order valence-corrected chi connectivity index (χ0v) is 23.0. The van der Waals surface area contributed by atoms with Crippen LogP contribution in [0.2, 0.25) is 0 Å². The van der Waals surface area contributed by atoms with Gasteiger partial charge in [-0.3, -0.25) is 19.2 Å². The van der Waals surface area contributed by atoms with Crippen LogP contribution in [0.1, 0.15) is 38.7 Å². The minimum absolute atomic E-state index is 0.00881. The Labute approximate surface area is 233 Å². The van der Waals surface area contributed by atoms with E-state index < -0.39 is 66.4 Å². The molecule has 224 valence electrons. The molecule has 1 aromatic carbocycles. The number of hydrogen-bond acceptors (Lipinski definition) is 9. The standard InChI is InChI=1S/C26H43N7O7/c1-15(2)12-19(31-22(35)17(29)8-10-27)24(37)32-20(13-16-6-4-3-5-7-16)25(38)30-18(9-11-28)23(36)33-21(14-34)26(39)40/h3-7,15,17-21,34H,8-14,27-29H2,1-2H3,(H,30,38)(H,31,35)(H,32,37)(H,33,36)(H,39,40)/t17-,18-,19+,20-,21-/m0/s1. The van der Waals surface area contributed by atoms with Gasteiger partial charge in [-0.05, 0) is 43.8 Å². The Bertz CT molecular complexity index is 977. The molecule has 0 aliphatic rings. The van der Waals surface area contributed by atoms with E-state index in [-0.39, 0.29) is 44.7 Å². The van der Waals surface area contributed by atoms with Gasteiger partial charge < -0.3 is 48.7 Å². The molecule has 0 fully saturated rings. The molecule has 0 saturated carbocycles.